The predicted octanol–water partition coefficient (Wildman–Crippen LogP) is 2.01. The molecule has 0 aromatic carbocycles. The Labute approximate surface area is 324 Å². The van der Waals surface area contributed by atoms with E-state index >= 15 is 0 Å². The zero-order valence-electron chi connectivity index (χ0n) is 33.1. The lowest BCUT2D eigenvalue weighted by Crippen LogP contribution is -2.65. The van der Waals surface area contributed by atoms with Gasteiger partial charge in [0.2, 0.25) is 0 Å². The van der Waals surface area contributed by atoms with E-state index in [9.17, 15) is 35.4 Å². The molecule has 8 rings (SSSR count). The fourth-order valence-corrected chi connectivity index (χ4v) is 13.4. The molecule has 22 atom stereocenters. The smallest absolute Gasteiger partial charge is 0.302 e. The van der Waals surface area contributed by atoms with Crippen LogP contribution in [-0.2, 0) is 38.0 Å². The third-order valence-electron chi connectivity index (χ3n) is 16.4. The number of hydrogen-bond donors (Lipinski definition) is 6. The molecule has 0 amide bonds. The molecule has 1 spiro atoms. The standard InChI is InChI=1S/C41H66O14/c1-19-8-13-41(50-17-19)20(2)30-27(55-41)15-26-24-7-6-22-14-23(9-11-39(22,4)25(24)10-12-40(26,30)5)51-38-36(34(47)32(45)29(53-38)18-49-21(3)43)54-37-35(48)33(46)31(44)28(16-42)52-37/h19-20,22-38,42,44-48H,6-18H2,1-5H3/t19-,20-,22+,23-,24-,25-,26-,27-,28-,29+,30-,31-,32+,33+,34-,35-,36+,37+,38+,39-,40-,41+/m0/s1. The van der Waals surface area contributed by atoms with Gasteiger partial charge < -0.3 is 63.8 Å². The molecule has 4 aliphatic carbocycles. The first-order valence-electron chi connectivity index (χ1n) is 21.2. The van der Waals surface area contributed by atoms with E-state index in [4.69, 9.17) is 33.2 Å². The zero-order chi connectivity index (χ0) is 39.2. The number of ether oxygens (including phenoxy) is 7. The van der Waals surface area contributed by atoms with Gasteiger partial charge in [0.05, 0.1) is 25.4 Å². The average Bonchev–Trinajstić information content (AvgIpc) is 3.60. The monoisotopic (exact) mass is 782 g/mol. The zero-order valence-corrected chi connectivity index (χ0v) is 33.1. The molecule has 0 bridgehead atoms. The van der Waals surface area contributed by atoms with Crippen LogP contribution in [0.5, 0.6) is 0 Å². The molecule has 8 fully saturated rings. The van der Waals surface area contributed by atoms with Crippen molar-refractivity contribution in [2.75, 3.05) is 19.8 Å². The maximum absolute atomic E-state index is 11.6. The molecule has 14 nitrogen and oxygen atoms in total. The highest BCUT2D eigenvalue weighted by atomic mass is 16.8. The molecule has 14 heteroatoms. The first-order valence-corrected chi connectivity index (χ1v) is 21.2. The highest BCUT2D eigenvalue weighted by molar-refractivity contribution is 5.65. The molecule has 6 N–H and O–H groups in total. The second-order valence-electron chi connectivity index (χ2n) is 19.3. The maximum Gasteiger partial charge on any atom is 0.302 e. The van der Waals surface area contributed by atoms with E-state index in [1.807, 2.05) is 0 Å². The summed E-state index contributed by atoms with van der Waals surface area (Å²) in [7, 11) is 0. The minimum Gasteiger partial charge on any atom is -0.463 e. The lowest BCUT2D eigenvalue weighted by atomic mass is 9.44. The highest BCUT2D eigenvalue weighted by Crippen LogP contribution is 2.71. The molecule has 8 aliphatic rings. The molecule has 0 radical (unpaired) electrons. The van der Waals surface area contributed by atoms with E-state index < -0.39 is 79.8 Å². The van der Waals surface area contributed by atoms with Gasteiger partial charge >= 0.3 is 5.97 Å². The van der Waals surface area contributed by atoms with Crippen molar-refractivity contribution in [3.05, 3.63) is 0 Å². The van der Waals surface area contributed by atoms with Crippen LogP contribution in [0.1, 0.15) is 98.8 Å². The minimum atomic E-state index is -1.73. The molecular formula is C41H66O14. The van der Waals surface area contributed by atoms with Gasteiger partial charge in [-0.1, -0.05) is 27.7 Å². The summed E-state index contributed by atoms with van der Waals surface area (Å²) >= 11 is 0. The Kier molecular flexibility index (Phi) is 11.3. The van der Waals surface area contributed by atoms with Gasteiger partial charge in [-0.2, -0.15) is 0 Å². The summed E-state index contributed by atoms with van der Waals surface area (Å²) < 4.78 is 43.0. The summed E-state index contributed by atoms with van der Waals surface area (Å²) in [5, 5.41) is 63.5. The second kappa shape index (κ2) is 15.2. The van der Waals surface area contributed by atoms with Gasteiger partial charge in [-0.3, -0.25) is 4.79 Å². The van der Waals surface area contributed by atoms with Crippen LogP contribution in [0.4, 0.5) is 0 Å². The summed E-state index contributed by atoms with van der Waals surface area (Å²) in [6, 6.07) is 0. The van der Waals surface area contributed by atoms with Crippen molar-refractivity contribution in [3.63, 3.8) is 0 Å². The molecule has 0 aromatic rings. The molecular weight excluding hydrogens is 716 g/mol. The van der Waals surface area contributed by atoms with E-state index in [0.717, 1.165) is 51.6 Å². The van der Waals surface area contributed by atoms with Crippen molar-refractivity contribution in [2.24, 2.45) is 52.3 Å². The largest absolute Gasteiger partial charge is 0.463 e. The lowest BCUT2D eigenvalue weighted by Gasteiger charge is -2.61. The van der Waals surface area contributed by atoms with E-state index in [2.05, 4.69) is 27.7 Å². The van der Waals surface area contributed by atoms with Gasteiger partial charge in [0.1, 0.15) is 55.4 Å². The first-order chi connectivity index (χ1) is 26.1. The molecule has 55 heavy (non-hydrogen) atoms. The van der Waals surface area contributed by atoms with Gasteiger partial charge in [-0.25, -0.2) is 0 Å². The topological polar surface area (TPSA) is 203 Å². The van der Waals surface area contributed by atoms with Crippen LogP contribution in [0.25, 0.3) is 0 Å². The molecule has 4 heterocycles. The number of carbonyl (C=O) groups is 1. The summed E-state index contributed by atoms with van der Waals surface area (Å²) in [6.07, 6.45) is -4.33. The van der Waals surface area contributed by atoms with E-state index in [1.54, 1.807) is 0 Å². The summed E-state index contributed by atoms with van der Waals surface area (Å²) in [6.45, 7) is 10.8. The summed E-state index contributed by atoms with van der Waals surface area (Å²) in [5.41, 5.74) is 0.387. The number of aliphatic hydroxyl groups is 6. The maximum atomic E-state index is 11.6. The molecule has 4 saturated heterocycles. The van der Waals surface area contributed by atoms with Crippen molar-refractivity contribution in [1.29, 1.82) is 0 Å². The van der Waals surface area contributed by atoms with Crippen molar-refractivity contribution in [1.82, 2.24) is 0 Å². The fourth-order valence-electron chi connectivity index (χ4n) is 13.4. The Morgan fingerprint density at radius 1 is 0.764 bits per heavy atom. The normalized spacial score (nSPS) is 56.3. The van der Waals surface area contributed by atoms with Crippen LogP contribution in [0, 0.1) is 52.3 Å². The third-order valence-corrected chi connectivity index (χ3v) is 16.4. The number of carbonyl (C=O) groups excluding carboxylic acids is 1. The van der Waals surface area contributed by atoms with Crippen molar-refractivity contribution in [3.8, 4) is 0 Å². The Balaban J connectivity index is 0.953. The van der Waals surface area contributed by atoms with Gasteiger partial charge in [-0.05, 0) is 104 Å². The van der Waals surface area contributed by atoms with E-state index in [-0.39, 0.29) is 29.6 Å². The van der Waals surface area contributed by atoms with E-state index in [0.29, 0.717) is 41.4 Å². The average molecular weight is 783 g/mol. The summed E-state index contributed by atoms with van der Waals surface area (Å²) in [5.74, 6) is 2.81. The quantitative estimate of drug-likeness (QED) is 0.162. The van der Waals surface area contributed by atoms with Crippen molar-refractivity contribution in [2.45, 2.75) is 178 Å². The first kappa shape index (κ1) is 40.8. The SMILES string of the molecule is CC(=O)OC[C@H]1O[C@@H](O[C@H]2CC[C@@]3(C)[C@H](CC[C@H]4[C@@H]3CC[C@]3(C)[C@@H]5[C@H](C[C@@H]43)O[C@]3(CC[C@H](C)CO3)[C@H]5C)C2)[C@H](O[C@H]2O[C@@H](CO)[C@H](O)[C@@H](O)[C@@H]2O)[C@@H](O)[C@@H]1O. The van der Waals surface area contributed by atoms with Crippen LogP contribution in [0.15, 0.2) is 0 Å². The molecule has 0 aromatic heterocycles. The molecule has 314 valence electrons. The van der Waals surface area contributed by atoms with Gasteiger partial charge in [-0.15, -0.1) is 0 Å². The second-order valence-corrected chi connectivity index (χ2v) is 19.3. The minimum absolute atomic E-state index is 0.144. The lowest BCUT2D eigenvalue weighted by molar-refractivity contribution is -0.373. The van der Waals surface area contributed by atoms with Crippen LogP contribution in [0.3, 0.4) is 0 Å². The molecule has 0 unspecified atom stereocenters. The predicted molar refractivity (Wildman–Crippen MR) is 193 cm³/mol. The summed E-state index contributed by atoms with van der Waals surface area (Å²) in [4.78, 5) is 11.6. The number of aliphatic hydroxyl groups excluding tert-OH is 6. The van der Waals surface area contributed by atoms with Crippen LogP contribution < -0.4 is 0 Å². The Hall–Kier alpha value is -1.01. The van der Waals surface area contributed by atoms with Gasteiger partial charge in [0, 0.05) is 19.3 Å². The molecule has 4 aliphatic heterocycles. The highest BCUT2D eigenvalue weighted by Gasteiger charge is 2.69. The van der Waals surface area contributed by atoms with Gasteiger partial charge in [0.25, 0.3) is 0 Å². The Morgan fingerprint density at radius 3 is 2.20 bits per heavy atom. The van der Waals surface area contributed by atoms with Crippen LogP contribution in [0.2, 0.25) is 0 Å². The van der Waals surface area contributed by atoms with E-state index in [1.165, 1.54) is 26.2 Å². The molecule has 4 saturated carbocycles. The third kappa shape index (κ3) is 6.83. The fraction of sp³-hybridized carbons (Fsp3) is 0.976. The number of fused-ring (bicyclic) bond motifs is 7. The van der Waals surface area contributed by atoms with Gasteiger partial charge in [0.15, 0.2) is 18.4 Å². The number of esters is 1. The Bertz CT molecular complexity index is 1370. The number of hydrogen-bond acceptors (Lipinski definition) is 14. The van der Waals surface area contributed by atoms with Crippen LogP contribution >= 0.6 is 0 Å². The number of rotatable bonds is 7. The van der Waals surface area contributed by atoms with Crippen molar-refractivity contribution < 1.29 is 68.6 Å². The Morgan fingerprint density at radius 2 is 1.49 bits per heavy atom. The van der Waals surface area contributed by atoms with Crippen molar-refractivity contribution >= 4 is 5.97 Å². The van der Waals surface area contributed by atoms with Crippen LogP contribution in [-0.4, -0.2) is 136 Å².